The lowest BCUT2D eigenvalue weighted by Crippen LogP contribution is -1.80. The van der Waals surface area contributed by atoms with Crippen LogP contribution in [-0.2, 0) is 0 Å². The second-order valence-electron chi connectivity index (χ2n) is 2.73. The fourth-order valence-electron chi connectivity index (χ4n) is 1.20. The van der Waals surface area contributed by atoms with Gasteiger partial charge in [-0.05, 0) is 18.1 Å². The van der Waals surface area contributed by atoms with E-state index in [1.54, 1.807) is 6.08 Å². The predicted molar refractivity (Wildman–Crippen MR) is 55.3 cm³/mol. The van der Waals surface area contributed by atoms with Crippen LogP contribution in [0, 0.1) is 0 Å². The minimum atomic E-state index is 0.0519. The zero-order valence-electron chi connectivity index (χ0n) is 7.83. The van der Waals surface area contributed by atoms with Crippen molar-refractivity contribution in [2.75, 3.05) is 6.61 Å². The van der Waals surface area contributed by atoms with E-state index in [0.29, 0.717) is 0 Å². The van der Waals surface area contributed by atoms with Gasteiger partial charge in [0.05, 0.1) is 6.61 Å². The molecule has 0 fully saturated rings. The van der Waals surface area contributed by atoms with E-state index in [1.165, 1.54) is 5.56 Å². The number of benzene rings is 1. The summed E-state index contributed by atoms with van der Waals surface area (Å²) in [5.74, 6) is 0. The van der Waals surface area contributed by atoms with Gasteiger partial charge < -0.3 is 5.11 Å². The van der Waals surface area contributed by atoms with Crippen molar-refractivity contribution in [1.82, 2.24) is 0 Å². The molecule has 68 valence electrons. The average Bonchev–Trinajstić information content (AvgIpc) is 2.21. The van der Waals surface area contributed by atoms with Crippen molar-refractivity contribution in [3.05, 3.63) is 47.7 Å². The normalized spacial score (nSPS) is 9.08. The Morgan fingerprint density at radius 1 is 1.38 bits per heavy atom. The van der Waals surface area contributed by atoms with Gasteiger partial charge in [0, 0.05) is 5.57 Å². The van der Waals surface area contributed by atoms with Gasteiger partial charge in [0.2, 0.25) is 0 Å². The molecule has 0 aliphatic heterocycles. The van der Waals surface area contributed by atoms with Crippen LogP contribution in [0.15, 0.2) is 42.1 Å². The summed E-state index contributed by atoms with van der Waals surface area (Å²) in [6.07, 6.45) is 2.58. The monoisotopic (exact) mass is 174 g/mol. The Kier molecular flexibility index (Phi) is 4.04. The molecule has 0 heterocycles. The summed E-state index contributed by atoms with van der Waals surface area (Å²) < 4.78 is 0. The predicted octanol–water partition coefficient (Wildman–Crippen LogP) is 2.63. The molecule has 0 aromatic heterocycles. The number of rotatable bonds is 3. The van der Waals surface area contributed by atoms with Gasteiger partial charge >= 0.3 is 0 Å². The second kappa shape index (κ2) is 5.36. The molecular formula is C12H14O. The lowest BCUT2D eigenvalue weighted by molar-refractivity contribution is 0.343. The number of hydrogen-bond acceptors (Lipinski definition) is 1. The standard InChI is InChI=1S/C12H14O/c1-2-11(9-6-10-13)12-7-4-3-5-8-12/h3-8,13H,2,10H2,1H3. The molecule has 0 spiro atoms. The van der Waals surface area contributed by atoms with Crippen LogP contribution in [0.5, 0.6) is 0 Å². The van der Waals surface area contributed by atoms with Crippen molar-refractivity contribution in [3.8, 4) is 0 Å². The SMILES string of the molecule is CCC(=C=CCO)c1ccccc1. The Bertz CT molecular complexity index is 305. The fourth-order valence-corrected chi connectivity index (χ4v) is 1.20. The van der Waals surface area contributed by atoms with Crippen LogP contribution in [-0.4, -0.2) is 11.7 Å². The molecule has 0 radical (unpaired) electrons. The van der Waals surface area contributed by atoms with Crippen molar-refractivity contribution in [2.45, 2.75) is 13.3 Å². The van der Waals surface area contributed by atoms with E-state index >= 15 is 0 Å². The topological polar surface area (TPSA) is 20.2 Å². The zero-order valence-corrected chi connectivity index (χ0v) is 7.83. The van der Waals surface area contributed by atoms with Gasteiger partial charge in [0.1, 0.15) is 0 Å². The van der Waals surface area contributed by atoms with Crippen LogP contribution in [0.4, 0.5) is 0 Å². The molecule has 1 aromatic rings. The highest BCUT2D eigenvalue weighted by atomic mass is 16.2. The third-order valence-electron chi connectivity index (χ3n) is 1.84. The third-order valence-corrected chi connectivity index (χ3v) is 1.84. The maximum Gasteiger partial charge on any atom is 0.0686 e. The van der Waals surface area contributed by atoms with Gasteiger partial charge in [0.25, 0.3) is 0 Å². The molecule has 0 bridgehead atoms. The molecule has 0 atom stereocenters. The molecule has 0 aliphatic rings. The van der Waals surface area contributed by atoms with E-state index in [-0.39, 0.29) is 6.61 Å². The molecule has 1 aromatic carbocycles. The first-order chi connectivity index (χ1) is 6.38. The van der Waals surface area contributed by atoms with E-state index in [2.05, 4.69) is 24.8 Å². The molecular weight excluding hydrogens is 160 g/mol. The molecule has 13 heavy (non-hydrogen) atoms. The quantitative estimate of drug-likeness (QED) is 0.698. The zero-order chi connectivity index (χ0) is 9.52. The minimum Gasteiger partial charge on any atom is -0.392 e. The third kappa shape index (κ3) is 2.90. The molecule has 1 heteroatoms. The maximum atomic E-state index is 8.63. The van der Waals surface area contributed by atoms with Gasteiger partial charge in [0.15, 0.2) is 0 Å². The lowest BCUT2D eigenvalue weighted by Gasteiger charge is -1.99. The van der Waals surface area contributed by atoms with Crippen LogP contribution in [0.3, 0.4) is 0 Å². The molecule has 0 unspecified atom stereocenters. The first-order valence-electron chi connectivity index (χ1n) is 4.48. The Labute approximate surface area is 79.0 Å². The molecule has 1 N–H and O–H groups in total. The second-order valence-corrected chi connectivity index (χ2v) is 2.73. The van der Waals surface area contributed by atoms with E-state index in [4.69, 9.17) is 5.11 Å². The van der Waals surface area contributed by atoms with Crippen LogP contribution in [0.2, 0.25) is 0 Å². The molecule has 0 aliphatic carbocycles. The van der Waals surface area contributed by atoms with Crippen molar-refractivity contribution < 1.29 is 5.11 Å². The van der Waals surface area contributed by atoms with E-state index in [0.717, 1.165) is 12.0 Å². The summed E-state index contributed by atoms with van der Waals surface area (Å²) in [5.41, 5.74) is 5.39. The van der Waals surface area contributed by atoms with Crippen LogP contribution in [0.25, 0.3) is 5.57 Å². The largest absolute Gasteiger partial charge is 0.392 e. The Hall–Kier alpha value is -1.30. The summed E-state index contributed by atoms with van der Waals surface area (Å²) in [7, 11) is 0. The average molecular weight is 174 g/mol. The van der Waals surface area contributed by atoms with Crippen molar-refractivity contribution in [3.63, 3.8) is 0 Å². The highest BCUT2D eigenvalue weighted by Gasteiger charge is 1.94. The van der Waals surface area contributed by atoms with Gasteiger partial charge in [-0.3, -0.25) is 0 Å². The van der Waals surface area contributed by atoms with Crippen molar-refractivity contribution in [2.24, 2.45) is 0 Å². The number of hydrogen-bond donors (Lipinski definition) is 1. The molecule has 0 amide bonds. The highest BCUT2D eigenvalue weighted by Crippen LogP contribution is 2.15. The summed E-state index contributed by atoms with van der Waals surface area (Å²) >= 11 is 0. The van der Waals surface area contributed by atoms with Crippen LogP contribution in [0.1, 0.15) is 18.9 Å². The van der Waals surface area contributed by atoms with Crippen molar-refractivity contribution in [1.29, 1.82) is 0 Å². The van der Waals surface area contributed by atoms with Crippen LogP contribution >= 0.6 is 0 Å². The lowest BCUT2D eigenvalue weighted by atomic mass is 10.0. The maximum absolute atomic E-state index is 8.63. The minimum absolute atomic E-state index is 0.0519. The molecule has 1 rings (SSSR count). The molecule has 1 nitrogen and oxygen atoms in total. The van der Waals surface area contributed by atoms with Crippen molar-refractivity contribution >= 4 is 5.57 Å². The number of aliphatic hydroxyl groups is 1. The summed E-state index contributed by atoms with van der Waals surface area (Å²) in [6, 6.07) is 10.1. The highest BCUT2D eigenvalue weighted by molar-refractivity contribution is 5.64. The van der Waals surface area contributed by atoms with Crippen LogP contribution < -0.4 is 0 Å². The Morgan fingerprint density at radius 2 is 2.08 bits per heavy atom. The van der Waals surface area contributed by atoms with Gasteiger partial charge in [-0.1, -0.05) is 37.3 Å². The van der Waals surface area contributed by atoms with Gasteiger partial charge in [-0.15, -0.1) is 5.73 Å². The first kappa shape index (κ1) is 9.79. The number of aliphatic hydroxyl groups excluding tert-OH is 1. The van der Waals surface area contributed by atoms with E-state index in [1.807, 2.05) is 18.2 Å². The summed E-state index contributed by atoms with van der Waals surface area (Å²) in [4.78, 5) is 0. The Morgan fingerprint density at radius 3 is 2.62 bits per heavy atom. The molecule has 0 saturated carbocycles. The summed E-state index contributed by atoms with van der Waals surface area (Å²) in [6.45, 7) is 2.14. The fraction of sp³-hybridized carbons (Fsp3) is 0.250. The van der Waals surface area contributed by atoms with Gasteiger partial charge in [-0.25, -0.2) is 0 Å². The molecule has 0 saturated heterocycles. The van der Waals surface area contributed by atoms with Gasteiger partial charge in [-0.2, -0.15) is 0 Å². The summed E-state index contributed by atoms with van der Waals surface area (Å²) in [5, 5.41) is 8.63. The smallest absolute Gasteiger partial charge is 0.0686 e. The Balaban J connectivity index is 2.98. The van der Waals surface area contributed by atoms with E-state index in [9.17, 15) is 0 Å². The van der Waals surface area contributed by atoms with E-state index < -0.39 is 0 Å². The first-order valence-corrected chi connectivity index (χ1v) is 4.48.